The van der Waals surface area contributed by atoms with E-state index in [4.69, 9.17) is 0 Å². The van der Waals surface area contributed by atoms with Crippen molar-refractivity contribution in [1.29, 1.82) is 0 Å². The van der Waals surface area contributed by atoms with Crippen molar-refractivity contribution in [2.45, 2.75) is 51.9 Å². The fraction of sp³-hybridized carbons (Fsp3) is 0.562. The van der Waals surface area contributed by atoms with Crippen LogP contribution in [-0.2, 0) is 10.2 Å². The summed E-state index contributed by atoms with van der Waals surface area (Å²) < 4.78 is 0. The van der Waals surface area contributed by atoms with Crippen LogP contribution in [-0.4, -0.2) is 5.78 Å². The summed E-state index contributed by atoms with van der Waals surface area (Å²) in [6.45, 7) is 6.12. The lowest BCUT2D eigenvalue weighted by molar-refractivity contribution is -0.132. The summed E-state index contributed by atoms with van der Waals surface area (Å²) >= 11 is 0. The summed E-state index contributed by atoms with van der Waals surface area (Å²) in [5.41, 5.74) is 0.761. The van der Waals surface area contributed by atoms with E-state index in [1.165, 1.54) is 18.4 Å². The van der Waals surface area contributed by atoms with Gasteiger partial charge in [0.05, 0.1) is 5.41 Å². The van der Waals surface area contributed by atoms with Crippen LogP contribution in [0, 0.1) is 5.41 Å². The Morgan fingerprint density at radius 3 is 2.06 bits per heavy atom. The molecular weight excluding hydrogens is 208 g/mol. The Hall–Kier alpha value is -1.11. The molecule has 2 rings (SSSR count). The molecule has 1 aromatic rings. The zero-order chi connectivity index (χ0) is 12.5. The van der Waals surface area contributed by atoms with Crippen LogP contribution < -0.4 is 0 Å². The molecule has 1 aliphatic carbocycles. The van der Waals surface area contributed by atoms with E-state index in [1.54, 1.807) is 0 Å². The maximum atomic E-state index is 12.8. The van der Waals surface area contributed by atoms with Crippen LogP contribution in [0.5, 0.6) is 0 Å². The maximum absolute atomic E-state index is 12.8. The topological polar surface area (TPSA) is 17.1 Å². The molecule has 0 aromatic heterocycles. The van der Waals surface area contributed by atoms with Gasteiger partial charge < -0.3 is 0 Å². The highest BCUT2D eigenvalue weighted by Gasteiger charge is 2.46. The van der Waals surface area contributed by atoms with E-state index >= 15 is 0 Å². The van der Waals surface area contributed by atoms with Crippen LogP contribution in [0.15, 0.2) is 30.3 Å². The van der Waals surface area contributed by atoms with Gasteiger partial charge in [-0.1, -0.05) is 63.9 Å². The van der Waals surface area contributed by atoms with E-state index in [1.807, 2.05) is 39.0 Å². The van der Waals surface area contributed by atoms with Gasteiger partial charge in [-0.15, -0.1) is 0 Å². The second kappa shape index (κ2) is 4.29. The van der Waals surface area contributed by atoms with Gasteiger partial charge in [-0.2, -0.15) is 0 Å². The lowest BCUT2D eigenvalue weighted by Gasteiger charge is -2.34. The molecule has 0 radical (unpaired) electrons. The Bertz CT molecular complexity index is 391. The van der Waals surface area contributed by atoms with Gasteiger partial charge in [0.25, 0.3) is 0 Å². The van der Waals surface area contributed by atoms with Gasteiger partial charge >= 0.3 is 0 Å². The summed E-state index contributed by atoms with van der Waals surface area (Å²) in [4.78, 5) is 12.8. The zero-order valence-corrected chi connectivity index (χ0v) is 11.1. The highest BCUT2D eigenvalue weighted by atomic mass is 16.1. The van der Waals surface area contributed by atoms with Gasteiger partial charge in [-0.3, -0.25) is 4.79 Å². The minimum Gasteiger partial charge on any atom is -0.298 e. The van der Waals surface area contributed by atoms with Crippen LogP contribution in [0.2, 0.25) is 0 Å². The van der Waals surface area contributed by atoms with Gasteiger partial charge in [0.1, 0.15) is 5.78 Å². The van der Waals surface area contributed by atoms with E-state index in [0.29, 0.717) is 5.78 Å². The Kier molecular flexibility index (Phi) is 3.11. The lowest BCUT2D eigenvalue weighted by Crippen LogP contribution is -2.40. The standard InChI is InChI=1S/C16H22O/c1-15(2,3)14(17)16(11-7-8-12-16)13-9-5-4-6-10-13/h4-6,9-10H,7-8,11-12H2,1-3H3. The second-order valence-electron chi connectivity index (χ2n) is 6.23. The molecule has 1 aliphatic rings. The van der Waals surface area contributed by atoms with Gasteiger partial charge in [-0.05, 0) is 18.4 Å². The molecule has 0 aliphatic heterocycles. The lowest BCUT2D eigenvalue weighted by atomic mass is 9.67. The third-order valence-electron chi connectivity index (χ3n) is 3.90. The number of rotatable bonds is 2. The fourth-order valence-corrected chi connectivity index (χ4v) is 3.10. The molecular formula is C16H22O. The highest BCUT2D eigenvalue weighted by molar-refractivity contribution is 5.94. The van der Waals surface area contributed by atoms with Crippen molar-refractivity contribution in [3.05, 3.63) is 35.9 Å². The predicted molar refractivity (Wildman–Crippen MR) is 71.1 cm³/mol. The molecule has 1 fully saturated rings. The van der Waals surface area contributed by atoms with Crippen LogP contribution in [0.1, 0.15) is 52.0 Å². The van der Waals surface area contributed by atoms with Gasteiger partial charge in [0.15, 0.2) is 0 Å². The third-order valence-corrected chi connectivity index (χ3v) is 3.90. The number of ketones is 1. The van der Waals surface area contributed by atoms with E-state index in [0.717, 1.165) is 12.8 Å². The van der Waals surface area contributed by atoms with Crippen molar-refractivity contribution in [2.24, 2.45) is 5.41 Å². The predicted octanol–water partition coefficient (Wildman–Crippen LogP) is 4.11. The molecule has 17 heavy (non-hydrogen) atoms. The number of hydrogen-bond acceptors (Lipinski definition) is 1. The largest absolute Gasteiger partial charge is 0.298 e. The molecule has 0 bridgehead atoms. The number of benzene rings is 1. The highest BCUT2D eigenvalue weighted by Crippen LogP contribution is 2.45. The molecule has 0 atom stereocenters. The molecule has 0 saturated heterocycles. The van der Waals surface area contributed by atoms with Gasteiger partial charge in [-0.25, -0.2) is 0 Å². The average molecular weight is 230 g/mol. The first-order valence-corrected chi connectivity index (χ1v) is 6.57. The van der Waals surface area contributed by atoms with Gasteiger partial charge in [0.2, 0.25) is 0 Å². The van der Waals surface area contributed by atoms with Crippen LogP contribution >= 0.6 is 0 Å². The number of hydrogen-bond donors (Lipinski definition) is 0. The zero-order valence-electron chi connectivity index (χ0n) is 11.1. The van der Waals surface area contributed by atoms with Crippen molar-refractivity contribution in [3.63, 3.8) is 0 Å². The van der Waals surface area contributed by atoms with Crippen molar-refractivity contribution < 1.29 is 4.79 Å². The summed E-state index contributed by atoms with van der Waals surface area (Å²) in [5.74, 6) is 0.411. The molecule has 1 saturated carbocycles. The third kappa shape index (κ3) is 2.15. The normalized spacial score (nSPS) is 19.2. The molecule has 0 heterocycles. The maximum Gasteiger partial charge on any atom is 0.148 e. The Morgan fingerprint density at radius 1 is 1.06 bits per heavy atom. The number of carbonyl (C=O) groups is 1. The Labute approximate surface area is 104 Å². The molecule has 1 aromatic carbocycles. The molecule has 0 amide bonds. The average Bonchev–Trinajstić information content (AvgIpc) is 2.78. The monoisotopic (exact) mass is 230 g/mol. The molecule has 0 unspecified atom stereocenters. The quantitative estimate of drug-likeness (QED) is 0.747. The van der Waals surface area contributed by atoms with Crippen LogP contribution in [0.3, 0.4) is 0 Å². The Morgan fingerprint density at radius 2 is 1.59 bits per heavy atom. The molecule has 1 heteroatoms. The summed E-state index contributed by atoms with van der Waals surface area (Å²) in [6.07, 6.45) is 4.40. The molecule has 0 spiro atoms. The van der Waals surface area contributed by atoms with E-state index in [2.05, 4.69) is 12.1 Å². The minimum atomic E-state index is -0.250. The van der Waals surface area contributed by atoms with Crippen molar-refractivity contribution in [2.75, 3.05) is 0 Å². The first kappa shape index (κ1) is 12.3. The Balaban J connectivity index is 2.44. The van der Waals surface area contributed by atoms with Gasteiger partial charge in [0, 0.05) is 5.41 Å². The van der Waals surface area contributed by atoms with Crippen molar-refractivity contribution >= 4 is 5.78 Å². The molecule has 92 valence electrons. The summed E-state index contributed by atoms with van der Waals surface area (Å²) in [7, 11) is 0. The van der Waals surface area contributed by atoms with E-state index in [-0.39, 0.29) is 10.8 Å². The molecule has 1 nitrogen and oxygen atoms in total. The smallest absolute Gasteiger partial charge is 0.148 e. The minimum absolute atomic E-state index is 0.209. The number of Topliss-reactive ketones (excluding diaryl/α,β-unsaturated/α-hetero) is 1. The van der Waals surface area contributed by atoms with E-state index in [9.17, 15) is 4.79 Å². The first-order valence-electron chi connectivity index (χ1n) is 6.57. The second-order valence-corrected chi connectivity index (χ2v) is 6.23. The fourth-order valence-electron chi connectivity index (χ4n) is 3.10. The van der Waals surface area contributed by atoms with Crippen LogP contribution in [0.25, 0.3) is 0 Å². The van der Waals surface area contributed by atoms with Crippen LogP contribution in [0.4, 0.5) is 0 Å². The molecule has 0 N–H and O–H groups in total. The number of carbonyl (C=O) groups excluding carboxylic acids is 1. The SMILES string of the molecule is CC(C)(C)C(=O)C1(c2ccccc2)CCCC1. The first-order chi connectivity index (χ1) is 7.97. The summed E-state index contributed by atoms with van der Waals surface area (Å²) in [5, 5.41) is 0. The summed E-state index contributed by atoms with van der Waals surface area (Å²) in [6, 6.07) is 10.4. The van der Waals surface area contributed by atoms with E-state index < -0.39 is 0 Å². The van der Waals surface area contributed by atoms with Crippen molar-refractivity contribution in [1.82, 2.24) is 0 Å². The van der Waals surface area contributed by atoms with Crippen molar-refractivity contribution in [3.8, 4) is 0 Å².